The van der Waals surface area contributed by atoms with Crippen molar-refractivity contribution in [3.8, 4) is 0 Å². The molecule has 2 heterocycles. The second-order valence-electron chi connectivity index (χ2n) is 8.84. The van der Waals surface area contributed by atoms with Gasteiger partial charge in [0.05, 0.1) is 0 Å². The number of para-hydroxylation sites is 4. The van der Waals surface area contributed by atoms with Crippen molar-refractivity contribution >= 4 is 43.6 Å². The maximum atomic E-state index is 2.24. The summed E-state index contributed by atoms with van der Waals surface area (Å²) in [7, 11) is 4.23. The molecule has 7 aromatic rings. The number of aromatic nitrogens is 2. The van der Waals surface area contributed by atoms with Gasteiger partial charge in [0, 0.05) is 57.7 Å². The number of rotatable bonds is 0. The highest BCUT2D eigenvalue weighted by atomic mass is 14.9. The summed E-state index contributed by atoms with van der Waals surface area (Å²) >= 11 is 0. The molecule has 0 saturated carbocycles. The molecule has 0 radical (unpaired) electrons. The van der Waals surface area contributed by atoms with Crippen molar-refractivity contribution in [2.45, 2.75) is 6.92 Å². The highest BCUT2D eigenvalue weighted by Gasteiger charge is 2.06. The number of aryl methyl sites for hydroxylation is 3. The van der Waals surface area contributed by atoms with E-state index in [1.807, 2.05) is 18.2 Å². The molecule has 0 saturated heterocycles. The predicted octanol–water partition coefficient (Wildman–Crippen LogP) is 8.66. The third kappa shape index (κ3) is 4.43. The van der Waals surface area contributed by atoms with Crippen LogP contribution in [0.2, 0.25) is 0 Å². The Bertz CT molecular complexity index is 1500. The lowest BCUT2D eigenvalue weighted by Crippen LogP contribution is -1.84. The average molecular weight is 455 g/mol. The molecule has 2 nitrogen and oxygen atoms in total. The van der Waals surface area contributed by atoms with E-state index in [1.165, 1.54) is 49.2 Å². The first-order valence-corrected chi connectivity index (χ1v) is 12.0. The SMILES string of the molecule is Cc1ccccc1.Cn1c2ccccc2c2ccccc21.Cn1c2ccccc2c2ccccc21. The molecule has 2 heteroatoms. The minimum atomic E-state index is 1.30. The number of hydrogen-bond acceptors (Lipinski definition) is 0. The standard InChI is InChI=1S/2C13H11N.C7H8/c2*1-14-12-8-4-2-6-10(12)11-7-3-5-9-13(11)14;1-7-5-3-2-4-6-7/h2*2-9H,1H3;2-6H,1H3. The average Bonchev–Trinajstić information content (AvgIpc) is 3.38. The molecule has 0 unspecified atom stereocenters. The van der Waals surface area contributed by atoms with Crippen molar-refractivity contribution in [1.82, 2.24) is 9.13 Å². The fraction of sp³-hybridized carbons (Fsp3) is 0.0909. The molecule has 7 rings (SSSR count). The van der Waals surface area contributed by atoms with E-state index in [-0.39, 0.29) is 0 Å². The maximum Gasteiger partial charge on any atom is 0.0488 e. The molecule has 0 atom stereocenters. The zero-order valence-electron chi connectivity index (χ0n) is 20.5. The third-order valence-electron chi connectivity index (χ3n) is 6.58. The highest BCUT2D eigenvalue weighted by molar-refractivity contribution is 6.08. The van der Waals surface area contributed by atoms with Crippen LogP contribution in [-0.4, -0.2) is 9.13 Å². The first-order valence-electron chi connectivity index (χ1n) is 12.0. The number of hydrogen-bond donors (Lipinski definition) is 0. The minimum Gasteiger partial charge on any atom is -0.344 e. The quantitative estimate of drug-likeness (QED) is 0.217. The van der Waals surface area contributed by atoms with Gasteiger partial charge in [-0.3, -0.25) is 0 Å². The van der Waals surface area contributed by atoms with Crippen molar-refractivity contribution < 1.29 is 0 Å². The molecule has 172 valence electrons. The van der Waals surface area contributed by atoms with Gasteiger partial charge >= 0.3 is 0 Å². The van der Waals surface area contributed by atoms with Gasteiger partial charge in [-0.15, -0.1) is 0 Å². The van der Waals surface area contributed by atoms with Crippen LogP contribution < -0.4 is 0 Å². The molecule has 35 heavy (non-hydrogen) atoms. The minimum absolute atomic E-state index is 1.30. The lowest BCUT2D eigenvalue weighted by atomic mass is 10.2. The second-order valence-corrected chi connectivity index (χ2v) is 8.84. The highest BCUT2D eigenvalue weighted by Crippen LogP contribution is 2.28. The second kappa shape index (κ2) is 9.90. The summed E-state index contributed by atoms with van der Waals surface area (Å²) in [6, 6.07) is 44.3. The van der Waals surface area contributed by atoms with Crippen LogP contribution in [-0.2, 0) is 14.1 Å². The van der Waals surface area contributed by atoms with E-state index in [9.17, 15) is 0 Å². The molecule has 0 bridgehead atoms. The van der Waals surface area contributed by atoms with E-state index < -0.39 is 0 Å². The molecule has 0 spiro atoms. The normalized spacial score (nSPS) is 10.7. The van der Waals surface area contributed by atoms with Crippen LogP contribution in [0.1, 0.15) is 5.56 Å². The zero-order chi connectivity index (χ0) is 24.2. The Kier molecular flexibility index (Phi) is 6.36. The van der Waals surface area contributed by atoms with Crippen molar-refractivity contribution in [3.05, 3.63) is 133 Å². The lowest BCUT2D eigenvalue weighted by Gasteiger charge is -1.95. The predicted molar refractivity (Wildman–Crippen MR) is 152 cm³/mol. The fourth-order valence-electron chi connectivity index (χ4n) is 4.77. The van der Waals surface area contributed by atoms with Gasteiger partial charge < -0.3 is 9.13 Å². The summed E-state index contributed by atoms with van der Waals surface area (Å²) in [6.45, 7) is 2.08. The summed E-state index contributed by atoms with van der Waals surface area (Å²) in [6.07, 6.45) is 0. The summed E-state index contributed by atoms with van der Waals surface area (Å²) in [5.74, 6) is 0. The molecular weight excluding hydrogens is 424 g/mol. The van der Waals surface area contributed by atoms with Crippen LogP contribution in [0.25, 0.3) is 43.6 Å². The van der Waals surface area contributed by atoms with Crippen LogP contribution in [0.5, 0.6) is 0 Å². The molecule has 2 aromatic heterocycles. The van der Waals surface area contributed by atoms with E-state index in [2.05, 4.69) is 139 Å². The van der Waals surface area contributed by atoms with Gasteiger partial charge in [0.25, 0.3) is 0 Å². The first kappa shape index (κ1) is 22.5. The van der Waals surface area contributed by atoms with Gasteiger partial charge in [-0.1, -0.05) is 109 Å². The van der Waals surface area contributed by atoms with Crippen molar-refractivity contribution in [2.24, 2.45) is 14.1 Å². The van der Waals surface area contributed by atoms with E-state index in [4.69, 9.17) is 0 Å². The molecular formula is C33H30N2. The van der Waals surface area contributed by atoms with Crippen molar-refractivity contribution in [3.63, 3.8) is 0 Å². The van der Waals surface area contributed by atoms with Gasteiger partial charge in [0.2, 0.25) is 0 Å². The Hall–Kier alpha value is -4.30. The largest absolute Gasteiger partial charge is 0.344 e. The molecule has 0 amide bonds. The summed E-state index contributed by atoms with van der Waals surface area (Å²) in [4.78, 5) is 0. The summed E-state index contributed by atoms with van der Waals surface area (Å²) in [5.41, 5.74) is 6.52. The number of fused-ring (bicyclic) bond motifs is 6. The van der Waals surface area contributed by atoms with Gasteiger partial charge in [-0.05, 0) is 31.2 Å². The number of benzene rings is 5. The molecule has 0 N–H and O–H groups in total. The van der Waals surface area contributed by atoms with Crippen molar-refractivity contribution in [2.75, 3.05) is 0 Å². The van der Waals surface area contributed by atoms with E-state index in [0.717, 1.165) is 0 Å². The smallest absolute Gasteiger partial charge is 0.0488 e. The fourth-order valence-corrected chi connectivity index (χ4v) is 4.77. The van der Waals surface area contributed by atoms with E-state index >= 15 is 0 Å². The summed E-state index contributed by atoms with van der Waals surface area (Å²) < 4.78 is 4.48. The monoisotopic (exact) mass is 454 g/mol. The number of nitrogens with zero attached hydrogens (tertiary/aromatic N) is 2. The Morgan fingerprint density at radius 3 is 0.857 bits per heavy atom. The maximum absolute atomic E-state index is 2.24. The van der Waals surface area contributed by atoms with Gasteiger partial charge in [-0.2, -0.15) is 0 Å². The zero-order valence-corrected chi connectivity index (χ0v) is 20.5. The van der Waals surface area contributed by atoms with Crippen LogP contribution in [0.3, 0.4) is 0 Å². The Labute approximate surface area is 206 Å². The lowest BCUT2D eigenvalue weighted by molar-refractivity contribution is 1.01. The van der Waals surface area contributed by atoms with Gasteiger partial charge in [0.1, 0.15) is 0 Å². The molecule has 0 aliphatic carbocycles. The summed E-state index contributed by atoms with van der Waals surface area (Å²) in [5, 5.41) is 5.35. The molecule has 0 aliphatic heterocycles. The molecule has 0 fully saturated rings. The van der Waals surface area contributed by atoms with Crippen LogP contribution >= 0.6 is 0 Å². The first-order chi connectivity index (χ1) is 17.1. The third-order valence-corrected chi connectivity index (χ3v) is 6.58. The van der Waals surface area contributed by atoms with Crippen LogP contribution in [0.15, 0.2) is 127 Å². The van der Waals surface area contributed by atoms with E-state index in [1.54, 1.807) is 0 Å². The van der Waals surface area contributed by atoms with Crippen LogP contribution in [0, 0.1) is 6.92 Å². The Morgan fingerprint density at radius 2 is 0.600 bits per heavy atom. The Balaban J connectivity index is 0.000000115. The Morgan fingerprint density at radius 1 is 0.343 bits per heavy atom. The molecule has 0 aliphatic rings. The topological polar surface area (TPSA) is 9.86 Å². The van der Waals surface area contributed by atoms with Gasteiger partial charge in [0.15, 0.2) is 0 Å². The van der Waals surface area contributed by atoms with E-state index in [0.29, 0.717) is 0 Å². The molecule has 5 aromatic carbocycles. The van der Waals surface area contributed by atoms with Crippen LogP contribution in [0.4, 0.5) is 0 Å². The van der Waals surface area contributed by atoms with Gasteiger partial charge in [-0.25, -0.2) is 0 Å². The van der Waals surface area contributed by atoms with Crippen molar-refractivity contribution in [1.29, 1.82) is 0 Å².